The molecule has 4 aromatic rings. The minimum Gasteiger partial charge on any atom is -0.462 e. The number of ether oxygens (including phenoxy) is 2. The molecule has 0 aromatic carbocycles. The van der Waals surface area contributed by atoms with Crippen LogP contribution in [-0.4, -0.2) is 72.2 Å². The summed E-state index contributed by atoms with van der Waals surface area (Å²) in [6, 6.07) is 0. The van der Waals surface area contributed by atoms with E-state index in [2.05, 4.69) is 33.6 Å². The van der Waals surface area contributed by atoms with Crippen LogP contribution in [0.1, 0.15) is 77.8 Å². The fraction of sp³-hybridized carbons (Fsp3) is 0.412. The highest BCUT2D eigenvalue weighted by atomic mass is 16.5. The van der Waals surface area contributed by atoms with Crippen LogP contribution in [0.5, 0.6) is 0 Å². The van der Waals surface area contributed by atoms with Crippen LogP contribution < -0.4 is 16.9 Å². The smallest absolute Gasteiger partial charge is 0.340 e. The van der Waals surface area contributed by atoms with E-state index >= 15 is 0 Å². The number of fused-ring (bicyclic) bond motifs is 2. The Morgan fingerprint density at radius 1 is 0.915 bits per heavy atom. The first-order valence-corrected chi connectivity index (χ1v) is 15.1. The molecule has 0 fully saturated rings. The highest BCUT2D eigenvalue weighted by Gasteiger charge is 2.26. The largest absolute Gasteiger partial charge is 0.462 e. The topological polar surface area (TPSA) is 195 Å². The molecular formula is C34H39N5O8. The van der Waals surface area contributed by atoms with Gasteiger partial charge in [0, 0.05) is 54.6 Å². The van der Waals surface area contributed by atoms with Crippen molar-refractivity contribution in [2.75, 3.05) is 19.8 Å². The van der Waals surface area contributed by atoms with E-state index in [1.807, 2.05) is 0 Å². The van der Waals surface area contributed by atoms with Gasteiger partial charge in [-0.2, -0.15) is 0 Å². The van der Waals surface area contributed by atoms with E-state index in [9.17, 15) is 29.4 Å². The Kier molecular flexibility index (Phi) is 9.87. The summed E-state index contributed by atoms with van der Waals surface area (Å²) in [5.74, 6) is 10.0. The van der Waals surface area contributed by atoms with Gasteiger partial charge in [-0.15, -0.1) is 0 Å². The molecular weight excluding hydrogens is 606 g/mol. The van der Waals surface area contributed by atoms with Crippen molar-refractivity contribution < 1.29 is 29.3 Å². The van der Waals surface area contributed by atoms with E-state index in [1.54, 1.807) is 34.6 Å². The van der Waals surface area contributed by atoms with E-state index in [4.69, 9.17) is 15.2 Å². The third-order valence-corrected chi connectivity index (χ3v) is 7.28. The maximum Gasteiger partial charge on any atom is 0.340 e. The molecule has 4 heterocycles. The predicted octanol–water partition coefficient (Wildman–Crippen LogP) is 1.60. The lowest BCUT2D eigenvalue weighted by molar-refractivity contribution is 0.0517. The summed E-state index contributed by atoms with van der Waals surface area (Å²) in [4.78, 5) is 59.3. The van der Waals surface area contributed by atoms with Crippen LogP contribution in [0.2, 0.25) is 0 Å². The van der Waals surface area contributed by atoms with Crippen LogP contribution in [0.25, 0.3) is 21.8 Å². The van der Waals surface area contributed by atoms with Gasteiger partial charge in [-0.3, -0.25) is 9.59 Å². The van der Waals surface area contributed by atoms with Crippen molar-refractivity contribution in [2.45, 2.75) is 65.6 Å². The number of aromatic nitrogens is 4. The number of H-pyrrole nitrogens is 2. The van der Waals surface area contributed by atoms with E-state index < -0.39 is 40.8 Å². The number of rotatable bonds is 8. The third kappa shape index (κ3) is 7.18. The monoisotopic (exact) mass is 645 g/mol. The van der Waals surface area contributed by atoms with Crippen LogP contribution in [0.15, 0.2) is 22.0 Å². The number of carbonyl (C=O) groups excluding carboxylic acids is 2. The number of carbonyl (C=O) groups is 2. The van der Waals surface area contributed by atoms with Gasteiger partial charge >= 0.3 is 11.9 Å². The molecule has 0 radical (unpaired) electrons. The fourth-order valence-electron chi connectivity index (χ4n) is 5.08. The summed E-state index contributed by atoms with van der Waals surface area (Å²) in [7, 11) is 1.52. The van der Waals surface area contributed by atoms with E-state index in [1.165, 1.54) is 35.5 Å². The molecule has 248 valence electrons. The first-order chi connectivity index (χ1) is 22.0. The molecule has 0 amide bonds. The van der Waals surface area contributed by atoms with Gasteiger partial charge in [0.1, 0.15) is 16.6 Å². The molecule has 1 atom stereocenters. The van der Waals surface area contributed by atoms with Gasteiger partial charge in [0.15, 0.2) is 0 Å². The zero-order valence-electron chi connectivity index (χ0n) is 27.5. The number of pyridine rings is 2. The predicted molar refractivity (Wildman–Crippen MR) is 176 cm³/mol. The third-order valence-electron chi connectivity index (χ3n) is 7.28. The SMILES string of the molecule is CCOC(=O)c1c(CCn2cc(C#CC(C)(C)N)c3c(C(=O)OCC)c(C)[nH]c3c2=O)[nH]c2c(=O)n(C)cc(C#CC(C)(O)CO)c12. The van der Waals surface area contributed by atoms with Crippen LogP contribution in [-0.2, 0) is 29.5 Å². The lowest BCUT2D eigenvalue weighted by atomic mass is 10.0. The van der Waals surface area contributed by atoms with Gasteiger partial charge in [-0.1, -0.05) is 23.7 Å². The van der Waals surface area contributed by atoms with E-state index in [0.717, 1.165) is 0 Å². The first kappa shape index (κ1) is 34.8. The average molecular weight is 646 g/mol. The number of nitrogens with two attached hydrogens (primary N) is 1. The molecule has 0 aliphatic rings. The highest BCUT2D eigenvalue weighted by Crippen LogP contribution is 2.27. The summed E-state index contributed by atoms with van der Waals surface area (Å²) < 4.78 is 13.3. The van der Waals surface area contributed by atoms with Crippen LogP contribution >= 0.6 is 0 Å². The van der Waals surface area contributed by atoms with Gasteiger partial charge in [-0.25, -0.2) is 9.59 Å². The number of aliphatic hydroxyl groups excluding tert-OH is 1. The Hall–Kier alpha value is -5.08. The lowest BCUT2D eigenvalue weighted by Crippen LogP contribution is -2.29. The lowest BCUT2D eigenvalue weighted by Gasteiger charge is -2.11. The summed E-state index contributed by atoms with van der Waals surface area (Å²) in [5.41, 5.74) is 4.50. The Morgan fingerprint density at radius 2 is 1.47 bits per heavy atom. The second kappa shape index (κ2) is 13.3. The highest BCUT2D eigenvalue weighted by molar-refractivity contribution is 6.08. The van der Waals surface area contributed by atoms with E-state index in [0.29, 0.717) is 22.3 Å². The van der Waals surface area contributed by atoms with Crippen molar-refractivity contribution in [2.24, 2.45) is 12.8 Å². The molecule has 0 aliphatic heterocycles. The normalized spacial score (nSPS) is 12.6. The summed E-state index contributed by atoms with van der Waals surface area (Å²) in [6.45, 7) is 9.37. The molecule has 0 bridgehead atoms. The standard InChI is InChI=1S/C34H39N5O8/c1-8-46-31(43)23-19(3)36-28-24(23)21(10-13-33(4,5)35)17-39(30(28)42)15-12-22-26(32(44)47-9-2)25-20(11-14-34(6,45)18-40)16-38(7)29(41)27(25)37-22/h16-17,36-37,40,45H,8-9,12,15,18,35H2,1-7H3. The number of nitrogens with one attached hydrogen (secondary N) is 2. The first-order valence-electron chi connectivity index (χ1n) is 15.1. The number of aromatic amines is 2. The molecule has 4 aromatic heterocycles. The van der Waals surface area contributed by atoms with E-state index in [-0.39, 0.29) is 59.3 Å². The Labute approximate surface area is 270 Å². The molecule has 6 N–H and O–H groups in total. The van der Waals surface area contributed by atoms with Crippen molar-refractivity contribution in [1.82, 2.24) is 19.1 Å². The van der Waals surface area contributed by atoms with Crippen LogP contribution in [0.4, 0.5) is 0 Å². The van der Waals surface area contributed by atoms with Crippen LogP contribution in [0, 0.1) is 30.6 Å². The maximum absolute atomic E-state index is 13.8. The molecule has 13 nitrogen and oxygen atoms in total. The Bertz CT molecular complexity index is 2130. The zero-order chi connectivity index (χ0) is 34.8. The number of aliphatic hydroxyl groups is 2. The van der Waals surface area contributed by atoms with Crippen molar-refractivity contribution in [3.63, 3.8) is 0 Å². The van der Waals surface area contributed by atoms with Gasteiger partial charge in [0.25, 0.3) is 11.1 Å². The van der Waals surface area contributed by atoms with Gasteiger partial charge < -0.3 is 44.5 Å². The van der Waals surface area contributed by atoms with Crippen LogP contribution in [0.3, 0.4) is 0 Å². The van der Waals surface area contributed by atoms with Crippen molar-refractivity contribution in [3.05, 3.63) is 66.7 Å². The fourth-order valence-corrected chi connectivity index (χ4v) is 5.08. The molecule has 4 rings (SSSR count). The average Bonchev–Trinajstić information content (AvgIpc) is 3.56. The molecule has 1 unspecified atom stereocenters. The minimum absolute atomic E-state index is 0.0298. The molecule has 0 spiro atoms. The quantitative estimate of drug-likeness (QED) is 0.140. The Morgan fingerprint density at radius 3 is 2.06 bits per heavy atom. The van der Waals surface area contributed by atoms with Gasteiger partial charge in [0.2, 0.25) is 0 Å². The summed E-state index contributed by atoms with van der Waals surface area (Å²) >= 11 is 0. The number of nitrogens with zero attached hydrogens (tertiary/aromatic N) is 2. The molecule has 13 heteroatoms. The summed E-state index contributed by atoms with van der Waals surface area (Å²) in [5, 5.41) is 20.3. The number of hydrogen-bond donors (Lipinski definition) is 5. The Balaban J connectivity index is 1.93. The number of aryl methyl sites for hydroxylation is 4. The minimum atomic E-state index is -1.73. The van der Waals surface area contributed by atoms with Gasteiger partial charge in [-0.05, 0) is 41.5 Å². The second-order valence-electron chi connectivity index (χ2n) is 11.9. The molecule has 0 saturated heterocycles. The molecule has 0 saturated carbocycles. The second-order valence-corrected chi connectivity index (χ2v) is 11.9. The number of esters is 2. The van der Waals surface area contributed by atoms with Gasteiger partial charge in [0.05, 0.1) is 47.6 Å². The maximum atomic E-state index is 13.8. The van der Waals surface area contributed by atoms with Crippen molar-refractivity contribution >= 4 is 33.7 Å². The van der Waals surface area contributed by atoms with Crippen molar-refractivity contribution in [3.8, 4) is 23.7 Å². The van der Waals surface area contributed by atoms with Crippen molar-refractivity contribution in [1.29, 1.82) is 0 Å². The molecule has 47 heavy (non-hydrogen) atoms. The number of hydrogen-bond acceptors (Lipinski definition) is 9. The zero-order valence-corrected chi connectivity index (χ0v) is 27.5. The molecule has 0 aliphatic carbocycles. The summed E-state index contributed by atoms with van der Waals surface area (Å²) in [6.07, 6.45) is 3.03.